The van der Waals surface area contributed by atoms with E-state index in [4.69, 9.17) is 14.6 Å². The predicted octanol–water partition coefficient (Wildman–Crippen LogP) is 0.645. The summed E-state index contributed by atoms with van der Waals surface area (Å²) in [5.41, 5.74) is 5.70. The Labute approximate surface area is 76.9 Å². The van der Waals surface area contributed by atoms with Gasteiger partial charge in [0.2, 0.25) is 0 Å². The Bertz CT molecular complexity index is 99.4. The van der Waals surface area contributed by atoms with Crippen molar-refractivity contribution in [1.82, 2.24) is 6.15 Å². The van der Waals surface area contributed by atoms with Gasteiger partial charge in [-0.05, 0) is 18.9 Å². The molecule has 0 saturated carbocycles. The summed E-state index contributed by atoms with van der Waals surface area (Å²) in [6.07, 6.45) is 0. The Morgan fingerprint density at radius 2 is 1.67 bits per heavy atom. The lowest BCUT2D eigenvalue weighted by molar-refractivity contribution is 0.268. The molecule has 0 aliphatic rings. The third-order valence-corrected chi connectivity index (χ3v) is 4.17. The van der Waals surface area contributed by atoms with Gasteiger partial charge in [-0.25, -0.2) is 0 Å². The van der Waals surface area contributed by atoms with Gasteiger partial charge in [0.15, 0.2) is 0 Å². The van der Waals surface area contributed by atoms with E-state index in [2.05, 4.69) is 6.92 Å². The zero-order chi connectivity index (χ0) is 8.85. The minimum Gasteiger partial charge on any atom is -0.400 e. The highest BCUT2D eigenvalue weighted by molar-refractivity contribution is 6.44. The van der Waals surface area contributed by atoms with E-state index in [1.165, 1.54) is 0 Å². The normalized spacial score (nSPS) is 15.5. The van der Waals surface area contributed by atoms with Crippen LogP contribution in [0.5, 0.6) is 0 Å². The second-order valence-corrected chi connectivity index (χ2v) is 5.25. The maximum atomic E-state index is 5.70. The molecule has 4 nitrogen and oxygen atoms in total. The summed E-state index contributed by atoms with van der Waals surface area (Å²) in [7, 11) is 2.02. The van der Waals surface area contributed by atoms with Gasteiger partial charge in [0.1, 0.15) is 0 Å². The van der Waals surface area contributed by atoms with Crippen LogP contribution in [0.2, 0.25) is 6.04 Å². The van der Waals surface area contributed by atoms with Gasteiger partial charge < -0.3 is 20.7 Å². The molecule has 0 aliphatic carbocycles. The van der Waals surface area contributed by atoms with Crippen LogP contribution in [0.4, 0.5) is 0 Å². The monoisotopic (exact) mass is 194 g/mol. The number of hydrogen-bond acceptors (Lipinski definition) is 4. The molecular formula is C7H22N2O2Si. The van der Waals surface area contributed by atoms with Crippen molar-refractivity contribution in [2.75, 3.05) is 14.2 Å². The highest BCUT2D eigenvalue weighted by Gasteiger charge is 2.16. The molecule has 5 heteroatoms. The smallest absolute Gasteiger partial charge is 0.321 e. The van der Waals surface area contributed by atoms with Crippen LogP contribution in [0.25, 0.3) is 0 Å². The van der Waals surface area contributed by atoms with Crippen LogP contribution in [-0.4, -0.2) is 29.5 Å². The van der Waals surface area contributed by atoms with Crippen molar-refractivity contribution < 1.29 is 8.85 Å². The molecule has 0 rings (SSSR count). The fourth-order valence-electron chi connectivity index (χ4n) is 0.807. The van der Waals surface area contributed by atoms with Crippen LogP contribution in [0.1, 0.15) is 13.8 Å². The maximum Gasteiger partial charge on any atom is 0.321 e. The van der Waals surface area contributed by atoms with Crippen molar-refractivity contribution in [2.45, 2.75) is 25.9 Å². The summed E-state index contributed by atoms with van der Waals surface area (Å²) in [6.45, 7) is 4.14. The van der Waals surface area contributed by atoms with Crippen molar-refractivity contribution in [1.29, 1.82) is 0 Å². The minimum atomic E-state index is -1.39. The van der Waals surface area contributed by atoms with Crippen molar-refractivity contribution in [2.24, 2.45) is 11.7 Å². The first-order chi connectivity index (χ1) is 5.11. The lowest BCUT2D eigenvalue weighted by Gasteiger charge is -2.19. The second kappa shape index (κ2) is 7.69. The number of hydrogen-bond donors (Lipinski definition) is 2. The van der Waals surface area contributed by atoms with Gasteiger partial charge in [0, 0.05) is 20.3 Å². The summed E-state index contributed by atoms with van der Waals surface area (Å²) in [4.78, 5) is 0. The molecule has 0 aliphatic heterocycles. The standard InChI is InChI=1S/C7H19NO2Si.H3N/c1-6(7(2)8)5-11(9-3)10-4;/h6-7,11H,5,8H2,1-4H3;1H3. The van der Waals surface area contributed by atoms with E-state index in [1.807, 2.05) is 6.92 Å². The highest BCUT2D eigenvalue weighted by atomic mass is 28.3. The first-order valence-electron chi connectivity index (χ1n) is 3.93. The SMILES string of the molecule is CO[SiH](CC(C)C(C)N)OC.N. The van der Waals surface area contributed by atoms with Crippen LogP contribution in [0.3, 0.4) is 0 Å². The van der Waals surface area contributed by atoms with E-state index in [-0.39, 0.29) is 12.2 Å². The average molecular weight is 194 g/mol. The lowest BCUT2D eigenvalue weighted by atomic mass is 10.1. The van der Waals surface area contributed by atoms with Crippen LogP contribution >= 0.6 is 0 Å². The van der Waals surface area contributed by atoms with E-state index < -0.39 is 9.28 Å². The van der Waals surface area contributed by atoms with Gasteiger partial charge in [0.05, 0.1) is 0 Å². The Morgan fingerprint density at radius 3 is 1.92 bits per heavy atom. The maximum absolute atomic E-state index is 5.70. The molecule has 0 aromatic carbocycles. The highest BCUT2D eigenvalue weighted by Crippen LogP contribution is 2.10. The van der Waals surface area contributed by atoms with Gasteiger partial charge in [-0.15, -0.1) is 0 Å². The summed E-state index contributed by atoms with van der Waals surface area (Å²) in [6, 6.07) is 1.22. The van der Waals surface area contributed by atoms with Crippen molar-refractivity contribution in [3.63, 3.8) is 0 Å². The molecule has 0 aromatic rings. The minimum absolute atomic E-state index is 0. The molecule has 2 atom stereocenters. The molecule has 2 unspecified atom stereocenters. The van der Waals surface area contributed by atoms with Crippen LogP contribution in [0, 0.1) is 5.92 Å². The quantitative estimate of drug-likeness (QED) is 0.630. The molecule has 12 heavy (non-hydrogen) atoms. The lowest BCUT2D eigenvalue weighted by Crippen LogP contribution is -2.30. The summed E-state index contributed by atoms with van der Waals surface area (Å²) in [5.74, 6) is 0.492. The Morgan fingerprint density at radius 1 is 1.25 bits per heavy atom. The Balaban J connectivity index is 0. The van der Waals surface area contributed by atoms with Gasteiger partial charge in [0.25, 0.3) is 0 Å². The van der Waals surface area contributed by atoms with Gasteiger partial charge >= 0.3 is 9.28 Å². The average Bonchev–Trinajstić information content (AvgIpc) is 1.99. The van der Waals surface area contributed by atoms with Crippen LogP contribution in [0.15, 0.2) is 0 Å². The summed E-state index contributed by atoms with van der Waals surface area (Å²) >= 11 is 0. The fourth-order valence-corrected chi connectivity index (χ4v) is 2.42. The Kier molecular flexibility index (Phi) is 9.34. The van der Waals surface area contributed by atoms with Crippen molar-refractivity contribution in [3.8, 4) is 0 Å². The van der Waals surface area contributed by atoms with Crippen LogP contribution in [-0.2, 0) is 8.85 Å². The molecule has 0 spiro atoms. The zero-order valence-corrected chi connectivity index (χ0v) is 9.69. The fraction of sp³-hybridized carbons (Fsp3) is 1.00. The first-order valence-corrected chi connectivity index (χ1v) is 5.69. The third-order valence-electron chi connectivity index (χ3n) is 1.99. The largest absolute Gasteiger partial charge is 0.400 e. The number of nitrogens with two attached hydrogens (primary N) is 1. The summed E-state index contributed by atoms with van der Waals surface area (Å²) in [5, 5.41) is 0. The van der Waals surface area contributed by atoms with Gasteiger partial charge in [-0.2, -0.15) is 0 Å². The molecule has 0 saturated heterocycles. The molecule has 0 radical (unpaired) electrons. The van der Waals surface area contributed by atoms with Crippen molar-refractivity contribution in [3.05, 3.63) is 0 Å². The topological polar surface area (TPSA) is 79.5 Å². The Hall–Kier alpha value is 0.0569. The second-order valence-electron chi connectivity index (χ2n) is 2.97. The molecule has 0 bridgehead atoms. The van der Waals surface area contributed by atoms with E-state index in [1.54, 1.807) is 14.2 Å². The van der Waals surface area contributed by atoms with Crippen LogP contribution < -0.4 is 11.9 Å². The van der Waals surface area contributed by atoms with Crippen molar-refractivity contribution >= 4 is 9.28 Å². The summed E-state index contributed by atoms with van der Waals surface area (Å²) < 4.78 is 10.4. The molecule has 0 amide bonds. The van der Waals surface area contributed by atoms with E-state index >= 15 is 0 Å². The van der Waals surface area contributed by atoms with E-state index in [0.29, 0.717) is 5.92 Å². The van der Waals surface area contributed by atoms with E-state index in [0.717, 1.165) is 6.04 Å². The van der Waals surface area contributed by atoms with E-state index in [9.17, 15) is 0 Å². The molecule has 0 fully saturated rings. The predicted molar refractivity (Wildman–Crippen MR) is 53.8 cm³/mol. The van der Waals surface area contributed by atoms with Gasteiger partial charge in [-0.1, -0.05) is 6.92 Å². The molecule has 0 heterocycles. The number of rotatable bonds is 5. The molecule has 0 aromatic heterocycles. The zero-order valence-electron chi connectivity index (χ0n) is 8.54. The third kappa shape index (κ3) is 5.67. The molecule has 5 N–H and O–H groups in total. The first kappa shape index (κ1) is 14.6. The molecule has 76 valence electrons. The van der Waals surface area contributed by atoms with Gasteiger partial charge in [-0.3, -0.25) is 0 Å². The molecular weight excluding hydrogens is 172 g/mol.